The molecule has 2 amide bonds. The van der Waals surface area contributed by atoms with Crippen molar-refractivity contribution < 1.29 is 19.1 Å². The average molecular weight is 393 g/mol. The third kappa shape index (κ3) is 5.96. The van der Waals surface area contributed by atoms with Crippen molar-refractivity contribution in [2.24, 2.45) is 0 Å². The van der Waals surface area contributed by atoms with Gasteiger partial charge in [0.2, 0.25) is 0 Å². The maximum atomic E-state index is 11.8. The summed E-state index contributed by atoms with van der Waals surface area (Å²) >= 11 is 0. The zero-order valence-electron chi connectivity index (χ0n) is 15.4. The SMILES string of the molecule is O=C(COc1ccc(OCc2ccccc2)cc1)NNC(=O)c1ccc[nH]c1=O. The molecule has 0 fully saturated rings. The number of hydrazine groups is 1. The lowest BCUT2D eigenvalue weighted by molar-refractivity contribution is -0.123. The fourth-order valence-corrected chi connectivity index (χ4v) is 2.35. The van der Waals surface area contributed by atoms with Crippen LogP contribution in [0.2, 0.25) is 0 Å². The first-order valence-corrected chi connectivity index (χ1v) is 8.78. The van der Waals surface area contributed by atoms with Crippen LogP contribution in [0.4, 0.5) is 0 Å². The van der Waals surface area contributed by atoms with E-state index in [0.29, 0.717) is 18.1 Å². The lowest BCUT2D eigenvalue weighted by Crippen LogP contribution is -2.45. The molecule has 0 aliphatic carbocycles. The number of benzene rings is 2. The van der Waals surface area contributed by atoms with Crippen molar-refractivity contribution in [3.8, 4) is 11.5 Å². The smallest absolute Gasteiger partial charge is 0.276 e. The number of rotatable bonds is 7. The van der Waals surface area contributed by atoms with Gasteiger partial charge in [0.05, 0.1) is 0 Å². The quantitative estimate of drug-likeness (QED) is 0.530. The molecule has 0 bridgehead atoms. The first-order chi connectivity index (χ1) is 14.1. The molecule has 0 unspecified atom stereocenters. The van der Waals surface area contributed by atoms with E-state index in [1.165, 1.54) is 18.3 Å². The Bertz CT molecular complexity index is 1020. The monoisotopic (exact) mass is 393 g/mol. The number of aromatic amines is 1. The maximum Gasteiger partial charge on any atom is 0.276 e. The average Bonchev–Trinajstić information content (AvgIpc) is 2.76. The molecule has 0 aliphatic rings. The van der Waals surface area contributed by atoms with Crippen molar-refractivity contribution in [2.75, 3.05) is 6.61 Å². The van der Waals surface area contributed by atoms with Gasteiger partial charge in [-0.15, -0.1) is 0 Å². The minimum Gasteiger partial charge on any atom is -0.489 e. The molecule has 3 rings (SSSR count). The Labute approximate surface area is 166 Å². The third-order valence-corrected chi connectivity index (χ3v) is 3.82. The second-order valence-corrected chi connectivity index (χ2v) is 5.95. The van der Waals surface area contributed by atoms with Crippen LogP contribution in [0.15, 0.2) is 77.7 Å². The fraction of sp³-hybridized carbons (Fsp3) is 0.0952. The van der Waals surface area contributed by atoms with Crippen molar-refractivity contribution in [2.45, 2.75) is 6.61 Å². The van der Waals surface area contributed by atoms with E-state index < -0.39 is 17.4 Å². The van der Waals surface area contributed by atoms with E-state index in [4.69, 9.17) is 9.47 Å². The van der Waals surface area contributed by atoms with Crippen LogP contribution in [0.3, 0.4) is 0 Å². The second-order valence-electron chi connectivity index (χ2n) is 5.95. The van der Waals surface area contributed by atoms with Crippen LogP contribution >= 0.6 is 0 Å². The number of nitrogens with one attached hydrogen (secondary N) is 3. The highest BCUT2D eigenvalue weighted by Crippen LogP contribution is 2.18. The Balaban J connectivity index is 1.41. The van der Waals surface area contributed by atoms with Crippen LogP contribution in [0.5, 0.6) is 11.5 Å². The molecule has 0 spiro atoms. The van der Waals surface area contributed by atoms with E-state index in [-0.39, 0.29) is 12.2 Å². The number of aromatic nitrogens is 1. The van der Waals surface area contributed by atoms with E-state index in [2.05, 4.69) is 15.8 Å². The molecule has 3 N–H and O–H groups in total. The number of carbonyl (C=O) groups is 2. The molecule has 2 aromatic carbocycles. The molecule has 8 heteroatoms. The summed E-state index contributed by atoms with van der Waals surface area (Å²) in [7, 11) is 0. The number of H-pyrrole nitrogens is 1. The molecule has 1 aromatic heterocycles. The topological polar surface area (TPSA) is 110 Å². The number of carbonyl (C=O) groups excluding carboxylic acids is 2. The highest BCUT2D eigenvalue weighted by Gasteiger charge is 2.11. The van der Waals surface area contributed by atoms with Gasteiger partial charge in [-0.1, -0.05) is 30.3 Å². The number of ether oxygens (including phenoxy) is 2. The van der Waals surface area contributed by atoms with Gasteiger partial charge in [0.25, 0.3) is 17.4 Å². The molecular weight excluding hydrogens is 374 g/mol. The molecule has 1 heterocycles. The molecule has 0 aliphatic heterocycles. The van der Waals surface area contributed by atoms with Crippen LogP contribution in [0.1, 0.15) is 15.9 Å². The Kier molecular flexibility index (Phi) is 6.62. The van der Waals surface area contributed by atoms with E-state index in [1.807, 2.05) is 30.3 Å². The van der Waals surface area contributed by atoms with Gasteiger partial charge in [0, 0.05) is 6.20 Å². The van der Waals surface area contributed by atoms with Gasteiger partial charge in [0.15, 0.2) is 6.61 Å². The van der Waals surface area contributed by atoms with Crippen molar-refractivity contribution in [1.82, 2.24) is 15.8 Å². The predicted molar refractivity (Wildman–Crippen MR) is 105 cm³/mol. The predicted octanol–water partition coefficient (Wildman–Crippen LogP) is 1.79. The van der Waals surface area contributed by atoms with Gasteiger partial charge in [-0.2, -0.15) is 0 Å². The van der Waals surface area contributed by atoms with Crippen molar-refractivity contribution in [1.29, 1.82) is 0 Å². The molecular formula is C21H19N3O5. The van der Waals surface area contributed by atoms with Crippen molar-refractivity contribution in [3.05, 3.63) is 94.4 Å². The standard InChI is InChI=1S/C21H19N3O5/c25-19(23-24-21(27)18-7-4-12-22-20(18)26)14-29-17-10-8-16(9-11-17)28-13-15-5-2-1-3-6-15/h1-12H,13-14H2,(H,22,26)(H,23,25)(H,24,27). The zero-order chi connectivity index (χ0) is 20.5. The van der Waals surface area contributed by atoms with Gasteiger partial charge in [-0.05, 0) is 42.0 Å². The molecule has 3 aromatic rings. The number of amides is 2. The minimum atomic E-state index is -0.722. The third-order valence-electron chi connectivity index (χ3n) is 3.82. The molecule has 29 heavy (non-hydrogen) atoms. The number of hydrogen-bond donors (Lipinski definition) is 3. The molecule has 0 saturated heterocycles. The molecule has 0 atom stereocenters. The number of pyridine rings is 1. The van der Waals surface area contributed by atoms with Crippen LogP contribution in [0.25, 0.3) is 0 Å². The Hall–Kier alpha value is -4.07. The zero-order valence-corrected chi connectivity index (χ0v) is 15.4. The first-order valence-electron chi connectivity index (χ1n) is 8.78. The van der Waals surface area contributed by atoms with Crippen LogP contribution in [-0.2, 0) is 11.4 Å². The highest BCUT2D eigenvalue weighted by molar-refractivity contribution is 5.95. The molecule has 148 valence electrons. The van der Waals surface area contributed by atoms with Crippen molar-refractivity contribution in [3.63, 3.8) is 0 Å². The summed E-state index contributed by atoms with van der Waals surface area (Å²) in [5.41, 5.74) is 4.74. The minimum absolute atomic E-state index is 0.111. The Morgan fingerprint density at radius 2 is 1.52 bits per heavy atom. The van der Waals surface area contributed by atoms with Gasteiger partial charge in [-0.25, -0.2) is 0 Å². The summed E-state index contributed by atoms with van der Waals surface area (Å²) in [6.45, 7) is 0.142. The highest BCUT2D eigenvalue weighted by atomic mass is 16.5. The van der Waals surface area contributed by atoms with Crippen LogP contribution in [-0.4, -0.2) is 23.4 Å². The normalized spacial score (nSPS) is 10.1. The summed E-state index contributed by atoms with van der Waals surface area (Å²) in [5, 5.41) is 0. The van der Waals surface area contributed by atoms with E-state index in [0.717, 1.165) is 5.56 Å². The number of hydrogen-bond acceptors (Lipinski definition) is 5. The second kappa shape index (κ2) is 9.75. The van der Waals surface area contributed by atoms with Gasteiger partial charge >= 0.3 is 0 Å². The summed E-state index contributed by atoms with van der Waals surface area (Å²) in [6.07, 6.45) is 1.41. The maximum absolute atomic E-state index is 11.8. The van der Waals surface area contributed by atoms with Crippen LogP contribution < -0.4 is 25.9 Å². The Morgan fingerprint density at radius 3 is 2.21 bits per heavy atom. The lowest BCUT2D eigenvalue weighted by Gasteiger charge is -2.10. The van der Waals surface area contributed by atoms with E-state index in [1.54, 1.807) is 24.3 Å². The summed E-state index contributed by atoms with van der Waals surface area (Å²) in [4.78, 5) is 37.5. The Morgan fingerprint density at radius 1 is 0.828 bits per heavy atom. The van der Waals surface area contributed by atoms with Gasteiger partial charge < -0.3 is 14.5 Å². The molecule has 0 saturated carbocycles. The van der Waals surface area contributed by atoms with Gasteiger partial charge in [-0.3, -0.25) is 25.2 Å². The van der Waals surface area contributed by atoms with E-state index in [9.17, 15) is 14.4 Å². The molecule has 8 nitrogen and oxygen atoms in total. The summed E-state index contributed by atoms with van der Waals surface area (Å²) in [6, 6.07) is 19.5. The largest absolute Gasteiger partial charge is 0.489 e. The first kappa shape index (κ1) is 19.7. The van der Waals surface area contributed by atoms with Crippen LogP contribution in [0, 0.1) is 0 Å². The molecule has 0 radical (unpaired) electrons. The van der Waals surface area contributed by atoms with Crippen molar-refractivity contribution >= 4 is 11.8 Å². The van der Waals surface area contributed by atoms with E-state index >= 15 is 0 Å². The fourth-order valence-electron chi connectivity index (χ4n) is 2.35. The van der Waals surface area contributed by atoms with Gasteiger partial charge in [0.1, 0.15) is 23.7 Å². The lowest BCUT2D eigenvalue weighted by atomic mass is 10.2. The summed E-state index contributed by atoms with van der Waals surface area (Å²) in [5.74, 6) is -0.153. The summed E-state index contributed by atoms with van der Waals surface area (Å²) < 4.78 is 11.0.